The molecule has 132 valence electrons. The van der Waals surface area contributed by atoms with Crippen LogP contribution >= 0.6 is 15.9 Å². The molecule has 0 spiro atoms. The summed E-state index contributed by atoms with van der Waals surface area (Å²) in [7, 11) is 0. The normalized spacial score (nSPS) is 19.6. The molecule has 1 aliphatic rings. The minimum absolute atomic E-state index is 0.0168. The van der Waals surface area contributed by atoms with Gasteiger partial charge in [0.25, 0.3) is 0 Å². The van der Waals surface area contributed by atoms with E-state index in [2.05, 4.69) is 68.5 Å². The zero-order chi connectivity index (χ0) is 17.9. The molecule has 1 aliphatic heterocycles. The summed E-state index contributed by atoms with van der Waals surface area (Å²) in [6.07, 6.45) is 0.722. The van der Waals surface area contributed by atoms with Gasteiger partial charge >= 0.3 is 0 Å². The van der Waals surface area contributed by atoms with Gasteiger partial charge in [-0.2, -0.15) is 0 Å². The van der Waals surface area contributed by atoms with Crippen molar-refractivity contribution in [2.75, 3.05) is 0 Å². The minimum Gasteiger partial charge on any atom is -0.351 e. The van der Waals surface area contributed by atoms with Gasteiger partial charge in [-0.15, -0.1) is 0 Å². The molecular formula is C21H20BrN3O. The monoisotopic (exact) mass is 409 g/mol. The Balaban J connectivity index is 1.41. The van der Waals surface area contributed by atoms with E-state index in [1.165, 1.54) is 16.3 Å². The Morgan fingerprint density at radius 1 is 1.00 bits per heavy atom. The van der Waals surface area contributed by atoms with Crippen molar-refractivity contribution in [3.63, 3.8) is 0 Å². The van der Waals surface area contributed by atoms with E-state index in [-0.39, 0.29) is 18.0 Å². The number of hydrazine groups is 1. The third-order valence-corrected chi connectivity index (χ3v) is 5.33. The molecule has 4 rings (SSSR count). The molecule has 0 bridgehead atoms. The molecule has 1 amide bonds. The zero-order valence-corrected chi connectivity index (χ0v) is 15.8. The summed E-state index contributed by atoms with van der Waals surface area (Å²) in [4.78, 5) is 12.5. The standard InChI is InChI=1S/C21H20BrN3O/c22-16-10-8-14(9-11-16)13-23-21(26)20-12-19(24-25-20)18-7-3-5-15-4-1-2-6-17(15)18/h1-11,19-20,24-25H,12-13H2,(H,23,26). The largest absolute Gasteiger partial charge is 0.351 e. The number of carbonyl (C=O) groups excluding carboxylic acids is 1. The van der Waals surface area contributed by atoms with Crippen molar-refractivity contribution in [1.29, 1.82) is 0 Å². The highest BCUT2D eigenvalue weighted by atomic mass is 79.9. The predicted molar refractivity (Wildman–Crippen MR) is 107 cm³/mol. The van der Waals surface area contributed by atoms with Gasteiger partial charge in [-0.1, -0.05) is 70.5 Å². The van der Waals surface area contributed by atoms with Crippen LogP contribution in [0.3, 0.4) is 0 Å². The van der Waals surface area contributed by atoms with E-state index < -0.39 is 0 Å². The molecule has 26 heavy (non-hydrogen) atoms. The zero-order valence-electron chi connectivity index (χ0n) is 14.2. The van der Waals surface area contributed by atoms with Crippen molar-refractivity contribution in [1.82, 2.24) is 16.2 Å². The van der Waals surface area contributed by atoms with E-state index >= 15 is 0 Å². The SMILES string of the molecule is O=C(NCc1ccc(Br)cc1)C1CC(c2cccc3ccccc23)NN1. The van der Waals surface area contributed by atoms with Crippen LogP contribution < -0.4 is 16.2 Å². The van der Waals surface area contributed by atoms with Gasteiger partial charge in [0.15, 0.2) is 0 Å². The topological polar surface area (TPSA) is 53.2 Å². The molecule has 1 saturated heterocycles. The van der Waals surface area contributed by atoms with Gasteiger partial charge in [0.05, 0.1) is 0 Å². The lowest BCUT2D eigenvalue weighted by Crippen LogP contribution is -2.42. The summed E-state index contributed by atoms with van der Waals surface area (Å²) in [6.45, 7) is 0.531. The van der Waals surface area contributed by atoms with E-state index in [9.17, 15) is 4.79 Å². The fourth-order valence-electron chi connectivity index (χ4n) is 3.40. The average molecular weight is 410 g/mol. The van der Waals surface area contributed by atoms with E-state index in [1.807, 2.05) is 30.3 Å². The lowest BCUT2D eigenvalue weighted by Gasteiger charge is -2.13. The second kappa shape index (κ2) is 7.58. The van der Waals surface area contributed by atoms with Crippen molar-refractivity contribution in [3.05, 3.63) is 82.3 Å². The van der Waals surface area contributed by atoms with Gasteiger partial charge in [-0.25, -0.2) is 10.9 Å². The molecule has 0 aliphatic carbocycles. The highest BCUT2D eigenvalue weighted by Crippen LogP contribution is 2.29. The Kier molecular flexibility index (Phi) is 5.02. The van der Waals surface area contributed by atoms with E-state index in [4.69, 9.17) is 0 Å². The Morgan fingerprint density at radius 3 is 2.62 bits per heavy atom. The van der Waals surface area contributed by atoms with E-state index in [0.29, 0.717) is 6.54 Å². The summed E-state index contributed by atoms with van der Waals surface area (Å²) in [5.41, 5.74) is 8.73. The van der Waals surface area contributed by atoms with Crippen LogP contribution in [-0.4, -0.2) is 11.9 Å². The third kappa shape index (κ3) is 3.65. The third-order valence-electron chi connectivity index (χ3n) is 4.80. The maximum absolute atomic E-state index is 12.5. The first-order chi connectivity index (χ1) is 12.7. The maximum Gasteiger partial charge on any atom is 0.238 e. The van der Waals surface area contributed by atoms with Crippen molar-refractivity contribution in [3.8, 4) is 0 Å². The molecular weight excluding hydrogens is 390 g/mol. The Bertz CT molecular complexity index is 921. The van der Waals surface area contributed by atoms with Crippen LogP contribution in [-0.2, 0) is 11.3 Å². The van der Waals surface area contributed by atoms with Crippen molar-refractivity contribution >= 4 is 32.6 Å². The van der Waals surface area contributed by atoms with Crippen LogP contribution in [0, 0.1) is 0 Å². The van der Waals surface area contributed by atoms with Crippen LogP contribution in [0.15, 0.2) is 71.2 Å². The average Bonchev–Trinajstić information content (AvgIpc) is 3.17. The van der Waals surface area contributed by atoms with Gasteiger partial charge in [-0.3, -0.25) is 4.79 Å². The first-order valence-electron chi connectivity index (χ1n) is 8.71. The Labute approximate surface area is 161 Å². The van der Waals surface area contributed by atoms with Crippen molar-refractivity contribution in [2.45, 2.75) is 25.0 Å². The van der Waals surface area contributed by atoms with Crippen molar-refractivity contribution < 1.29 is 4.79 Å². The van der Waals surface area contributed by atoms with Gasteiger partial charge < -0.3 is 5.32 Å². The molecule has 0 radical (unpaired) electrons. The molecule has 2 unspecified atom stereocenters. The smallest absolute Gasteiger partial charge is 0.238 e. The summed E-state index contributed by atoms with van der Waals surface area (Å²) in [5, 5.41) is 5.46. The second-order valence-electron chi connectivity index (χ2n) is 6.54. The number of rotatable bonds is 4. The molecule has 4 nitrogen and oxygen atoms in total. The number of fused-ring (bicyclic) bond motifs is 1. The highest BCUT2D eigenvalue weighted by Gasteiger charge is 2.30. The lowest BCUT2D eigenvalue weighted by atomic mass is 9.96. The van der Waals surface area contributed by atoms with Crippen molar-refractivity contribution in [2.24, 2.45) is 0 Å². The Hall–Kier alpha value is -2.21. The number of amides is 1. The molecule has 3 aromatic rings. The summed E-state index contributed by atoms with van der Waals surface area (Å²) < 4.78 is 1.03. The maximum atomic E-state index is 12.5. The quantitative estimate of drug-likeness (QED) is 0.613. The van der Waals surface area contributed by atoms with Gasteiger partial charge in [-0.05, 0) is 40.5 Å². The van der Waals surface area contributed by atoms with Crippen LogP contribution in [0.2, 0.25) is 0 Å². The van der Waals surface area contributed by atoms with Crippen LogP contribution in [0.4, 0.5) is 0 Å². The second-order valence-corrected chi connectivity index (χ2v) is 7.46. The number of hydrogen-bond acceptors (Lipinski definition) is 3. The lowest BCUT2D eigenvalue weighted by molar-refractivity contribution is -0.123. The summed E-state index contributed by atoms with van der Waals surface area (Å²) in [5.74, 6) is 0.0168. The molecule has 1 heterocycles. The van der Waals surface area contributed by atoms with Gasteiger partial charge in [0.2, 0.25) is 5.91 Å². The number of hydrogen-bond donors (Lipinski definition) is 3. The number of benzene rings is 3. The van der Waals surface area contributed by atoms with Crippen LogP contribution in [0.1, 0.15) is 23.6 Å². The fourth-order valence-corrected chi connectivity index (χ4v) is 3.67. The molecule has 3 aromatic carbocycles. The predicted octanol–water partition coefficient (Wildman–Crippen LogP) is 3.83. The summed E-state index contributed by atoms with van der Waals surface area (Å²) >= 11 is 3.42. The molecule has 1 fully saturated rings. The summed E-state index contributed by atoms with van der Waals surface area (Å²) in [6, 6.07) is 22.5. The Morgan fingerprint density at radius 2 is 1.77 bits per heavy atom. The van der Waals surface area contributed by atoms with Gasteiger partial charge in [0, 0.05) is 17.1 Å². The molecule has 3 N–H and O–H groups in total. The van der Waals surface area contributed by atoms with Crippen LogP contribution in [0.5, 0.6) is 0 Å². The van der Waals surface area contributed by atoms with Gasteiger partial charge in [0.1, 0.15) is 6.04 Å². The first-order valence-corrected chi connectivity index (χ1v) is 9.51. The molecule has 0 saturated carbocycles. The van der Waals surface area contributed by atoms with E-state index in [1.54, 1.807) is 0 Å². The molecule has 5 heteroatoms. The number of carbonyl (C=O) groups is 1. The first kappa shape index (κ1) is 17.2. The highest BCUT2D eigenvalue weighted by molar-refractivity contribution is 9.10. The minimum atomic E-state index is -0.241. The molecule has 0 aromatic heterocycles. The number of nitrogens with one attached hydrogen (secondary N) is 3. The molecule has 2 atom stereocenters. The number of halogens is 1. The van der Waals surface area contributed by atoms with Crippen LogP contribution in [0.25, 0.3) is 10.8 Å². The van der Waals surface area contributed by atoms with E-state index in [0.717, 1.165) is 16.5 Å². The fraction of sp³-hybridized carbons (Fsp3) is 0.190.